The lowest BCUT2D eigenvalue weighted by Crippen LogP contribution is -2.47. The van der Waals surface area contributed by atoms with Gasteiger partial charge in [0.2, 0.25) is 0 Å². The van der Waals surface area contributed by atoms with Gasteiger partial charge in [0, 0.05) is 5.57 Å². The summed E-state index contributed by atoms with van der Waals surface area (Å²) in [5.41, 5.74) is 2.56. The molecule has 4 aliphatic rings. The summed E-state index contributed by atoms with van der Waals surface area (Å²) in [5.74, 6) is 2.68. The molecule has 4 aliphatic carbocycles. The second kappa shape index (κ2) is 4.64. The van der Waals surface area contributed by atoms with Crippen molar-refractivity contribution in [1.82, 2.24) is 0 Å². The van der Waals surface area contributed by atoms with E-state index in [0.29, 0.717) is 12.0 Å². The second-order valence-electron chi connectivity index (χ2n) is 7.17. The monoisotopic (exact) mass is 262 g/mol. The Morgan fingerprint density at radius 3 is 1.95 bits per heavy atom. The summed E-state index contributed by atoms with van der Waals surface area (Å²) in [6, 6.07) is 0. The summed E-state index contributed by atoms with van der Waals surface area (Å²) < 4.78 is 5.19. The Morgan fingerprint density at radius 2 is 1.53 bits per heavy atom. The van der Waals surface area contributed by atoms with Crippen molar-refractivity contribution >= 4 is 5.97 Å². The van der Waals surface area contributed by atoms with Crippen LogP contribution < -0.4 is 0 Å². The molecule has 0 aromatic carbocycles. The predicted molar refractivity (Wildman–Crippen MR) is 75.6 cm³/mol. The van der Waals surface area contributed by atoms with Crippen molar-refractivity contribution in [2.45, 2.75) is 59.3 Å². The van der Waals surface area contributed by atoms with Crippen LogP contribution in [0, 0.1) is 23.2 Å². The smallest absolute Gasteiger partial charge is 0.333 e. The van der Waals surface area contributed by atoms with Crippen LogP contribution in [-0.4, -0.2) is 12.6 Å². The van der Waals surface area contributed by atoms with Crippen molar-refractivity contribution in [3.63, 3.8) is 0 Å². The number of carbonyl (C=O) groups is 1. The van der Waals surface area contributed by atoms with Crippen molar-refractivity contribution < 1.29 is 9.53 Å². The molecule has 0 unspecified atom stereocenters. The molecule has 0 atom stereocenters. The average Bonchev–Trinajstić information content (AvgIpc) is 2.35. The largest absolute Gasteiger partial charge is 0.463 e. The van der Waals surface area contributed by atoms with E-state index in [1.807, 2.05) is 13.8 Å². The molecule has 0 N–H and O–H groups in total. The molecule has 106 valence electrons. The van der Waals surface area contributed by atoms with Gasteiger partial charge < -0.3 is 4.74 Å². The highest BCUT2D eigenvalue weighted by Gasteiger charge is 2.52. The minimum Gasteiger partial charge on any atom is -0.463 e. The van der Waals surface area contributed by atoms with Crippen molar-refractivity contribution in [3.05, 3.63) is 11.1 Å². The van der Waals surface area contributed by atoms with Crippen LogP contribution >= 0.6 is 0 Å². The van der Waals surface area contributed by atoms with Crippen molar-refractivity contribution in [1.29, 1.82) is 0 Å². The van der Waals surface area contributed by atoms with E-state index in [9.17, 15) is 4.79 Å². The maximum Gasteiger partial charge on any atom is 0.333 e. The highest BCUT2D eigenvalue weighted by Crippen LogP contribution is 2.62. The Balaban J connectivity index is 1.88. The molecule has 4 rings (SSSR count). The van der Waals surface area contributed by atoms with Gasteiger partial charge in [-0.2, -0.15) is 0 Å². The van der Waals surface area contributed by atoms with Gasteiger partial charge in [-0.25, -0.2) is 4.79 Å². The van der Waals surface area contributed by atoms with Crippen LogP contribution in [0.25, 0.3) is 0 Å². The summed E-state index contributed by atoms with van der Waals surface area (Å²) in [5, 5.41) is 0. The summed E-state index contributed by atoms with van der Waals surface area (Å²) in [4.78, 5) is 12.0. The zero-order chi connectivity index (χ0) is 13.6. The number of hydrogen-bond donors (Lipinski definition) is 0. The van der Waals surface area contributed by atoms with E-state index in [-0.39, 0.29) is 5.97 Å². The summed E-state index contributed by atoms with van der Waals surface area (Å²) in [6.45, 7) is 6.51. The van der Waals surface area contributed by atoms with Crippen LogP contribution in [-0.2, 0) is 9.53 Å². The Labute approximate surface area is 116 Å². The van der Waals surface area contributed by atoms with Crippen molar-refractivity contribution in [2.75, 3.05) is 6.61 Å². The Hall–Kier alpha value is -0.790. The first-order valence-corrected chi connectivity index (χ1v) is 7.89. The van der Waals surface area contributed by atoms with Crippen LogP contribution in [0.2, 0.25) is 0 Å². The third-order valence-corrected chi connectivity index (χ3v) is 5.98. The second-order valence-corrected chi connectivity index (χ2v) is 7.17. The van der Waals surface area contributed by atoms with Gasteiger partial charge >= 0.3 is 5.97 Å². The van der Waals surface area contributed by atoms with Gasteiger partial charge in [0.15, 0.2) is 0 Å². The van der Waals surface area contributed by atoms with Crippen LogP contribution in [0.15, 0.2) is 11.1 Å². The maximum absolute atomic E-state index is 12.0. The molecule has 0 saturated heterocycles. The number of allylic oxidation sites excluding steroid dienone is 1. The van der Waals surface area contributed by atoms with Gasteiger partial charge in [-0.1, -0.05) is 5.57 Å². The number of carbonyl (C=O) groups excluding carboxylic acids is 1. The molecule has 4 fully saturated rings. The van der Waals surface area contributed by atoms with E-state index in [0.717, 1.165) is 23.3 Å². The van der Waals surface area contributed by atoms with Crippen molar-refractivity contribution in [2.24, 2.45) is 23.2 Å². The normalized spacial score (nSPS) is 41.1. The van der Waals surface area contributed by atoms with Gasteiger partial charge in [0.1, 0.15) is 0 Å². The van der Waals surface area contributed by atoms with E-state index in [1.54, 1.807) is 0 Å². The molecule has 0 aromatic heterocycles. The lowest BCUT2D eigenvalue weighted by Gasteiger charge is -2.57. The van der Waals surface area contributed by atoms with E-state index in [2.05, 4.69) is 6.92 Å². The standard InChI is InChI=1S/C17H26O2/c1-4-19-16(18)11(2)12(3)17-8-13-5-14(9-17)7-15(6-13)10-17/h13-15H,4-10H2,1-3H3. The molecule has 4 bridgehead atoms. The third kappa shape index (κ3) is 2.13. The molecule has 2 nitrogen and oxygen atoms in total. The molecule has 2 heteroatoms. The first-order chi connectivity index (χ1) is 9.04. The third-order valence-electron chi connectivity index (χ3n) is 5.98. The van der Waals surface area contributed by atoms with Crippen LogP contribution in [0.5, 0.6) is 0 Å². The minimum atomic E-state index is -0.101. The van der Waals surface area contributed by atoms with E-state index < -0.39 is 0 Å². The zero-order valence-corrected chi connectivity index (χ0v) is 12.5. The Morgan fingerprint density at radius 1 is 1.05 bits per heavy atom. The van der Waals surface area contributed by atoms with E-state index in [4.69, 9.17) is 4.74 Å². The molecule has 0 spiro atoms. The highest BCUT2D eigenvalue weighted by atomic mass is 16.5. The van der Waals surface area contributed by atoms with Crippen LogP contribution in [0.1, 0.15) is 59.3 Å². The van der Waals surface area contributed by atoms with Gasteiger partial charge in [-0.05, 0) is 82.5 Å². The number of esters is 1. The number of ether oxygens (including phenoxy) is 1. The summed E-state index contributed by atoms with van der Waals surface area (Å²) in [6.07, 6.45) is 8.31. The fourth-order valence-electron chi connectivity index (χ4n) is 5.36. The maximum atomic E-state index is 12.0. The van der Waals surface area contributed by atoms with Crippen LogP contribution in [0.3, 0.4) is 0 Å². The minimum absolute atomic E-state index is 0.101. The van der Waals surface area contributed by atoms with Crippen LogP contribution in [0.4, 0.5) is 0 Å². The first kappa shape index (κ1) is 13.2. The van der Waals surface area contributed by atoms with E-state index in [1.165, 1.54) is 44.1 Å². The zero-order valence-electron chi connectivity index (χ0n) is 12.5. The molecule has 4 saturated carbocycles. The topological polar surface area (TPSA) is 26.3 Å². The fourth-order valence-corrected chi connectivity index (χ4v) is 5.36. The summed E-state index contributed by atoms with van der Waals surface area (Å²) in [7, 11) is 0. The van der Waals surface area contributed by atoms with E-state index >= 15 is 0 Å². The molecule has 0 aromatic rings. The fraction of sp³-hybridized carbons (Fsp3) is 0.824. The van der Waals surface area contributed by atoms with Gasteiger partial charge in [-0.15, -0.1) is 0 Å². The van der Waals surface area contributed by atoms with Gasteiger partial charge in [0.25, 0.3) is 0 Å². The molecular weight excluding hydrogens is 236 g/mol. The Bertz CT molecular complexity index is 384. The van der Waals surface area contributed by atoms with Crippen molar-refractivity contribution in [3.8, 4) is 0 Å². The first-order valence-electron chi connectivity index (χ1n) is 7.89. The number of hydrogen-bond acceptors (Lipinski definition) is 2. The lowest BCUT2D eigenvalue weighted by molar-refractivity contribution is -0.138. The molecule has 0 aliphatic heterocycles. The average molecular weight is 262 g/mol. The summed E-state index contributed by atoms with van der Waals surface area (Å²) >= 11 is 0. The quantitative estimate of drug-likeness (QED) is 0.565. The molecular formula is C17H26O2. The predicted octanol–water partition coefficient (Wildman–Crippen LogP) is 4.10. The van der Waals surface area contributed by atoms with Gasteiger partial charge in [-0.3, -0.25) is 0 Å². The lowest BCUT2D eigenvalue weighted by atomic mass is 9.47. The molecule has 0 radical (unpaired) electrons. The van der Waals surface area contributed by atoms with Gasteiger partial charge in [0.05, 0.1) is 6.61 Å². The SMILES string of the molecule is CCOC(=O)C(C)=C(C)C12CC3CC(CC(C3)C1)C2. The highest BCUT2D eigenvalue weighted by molar-refractivity contribution is 5.88. The number of rotatable bonds is 3. The molecule has 19 heavy (non-hydrogen) atoms. The molecule has 0 heterocycles. The Kier molecular flexibility index (Phi) is 3.23. The molecule has 0 amide bonds.